The van der Waals surface area contributed by atoms with Crippen LogP contribution < -0.4 is 5.32 Å². The van der Waals surface area contributed by atoms with Gasteiger partial charge in [-0.05, 0) is 47.5 Å². The molecular weight excluding hydrogens is 348 g/mol. The minimum Gasteiger partial charge on any atom is -0.480 e. The highest BCUT2D eigenvalue weighted by atomic mass is 79.9. The second-order valence-corrected chi connectivity index (χ2v) is 5.60. The first-order chi connectivity index (χ1) is 9.35. The van der Waals surface area contributed by atoms with Crippen LogP contribution in [0.2, 0.25) is 5.02 Å². The quantitative estimate of drug-likeness (QED) is 0.835. The average Bonchev–Trinajstić information content (AvgIpc) is 2.39. The highest BCUT2D eigenvalue weighted by Crippen LogP contribution is 2.25. The number of carboxylic acids is 1. The smallest absolute Gasteiger partial charge is 0.323 e. The fraction of sp³-hybridized carbons (Fsp3) is 0.385. The molecule has 0 saturated heterocycles. The predicted octanol–water partition coefficient (Wildman–Crippen LogP) is 3.82. The summed E-state index contributed by atoms with van der Waals surface area (Å²) in [6.45, 7) is 3.36. The van der Waals surface area contributed by atoms with Crippen LogP contribution in [0.4, 0.5) is 10.5 Å². The maximum Gasteiger partial charge on any atom is 0.323 e. The normalized spacial score (nSPS) is 11.8. The molecule has 2 amide bonds. The van der Waals surface area contributed by atoms with Gasteiger partial charge in [0.15, 0.2) is 0 Å². The molecule has 1 aromatic carbocycles. The van der Waals surface area contributed by atoms with Crippen LogP contribution in [0.5, 0.6) is 0 Å². The Hall–Kier alpha value is -1.27. The van der Waals surface area contributed by atoms with Crippen LogP contribution in [0.3, 0.4) is 0 Å². The van der Waals surface area contributed by atoms with Crippen LogP contribution in [0.1, 0.15) is 20.3 Å². The van der Waals surface area contributed by atoms with Crippen LogP contribution >= 0.6 is 27.5 Å². The number of nitrogens with one attached hydrogen (secondary N) is 1. The molecule has 2 N–H and O–H groups in total. The van der Waals surface area contributed by atoms with Crippen molar-refractivity contribution in [2.24, 2.45) is 0 Å². The monoisotopic (exact) mass is 362 g/mol. The van der Waals surface area contributed by atoms with Crippen LogP contribution in [0, 0.1) is 0 Å². The number of hydrogen-bond acceptors (Lipinski definition) is 2. The minimum absolute atomic E-state index is 0.165. The predicted molar refractivity (Wildman–Crippen MR) is 82.3 cm³/mol. The van der Waals surface area contributed by atoms with Crippen molar-refractivity contribution < 1.29 is 14.7 Å². The molecule has 20 heavy (non-hydrogen) atoms. The number of rotatable bonds is 5. The Bertz CT molecular complexity index is 510. The number of hydrogen-bond donors (Lipinski definition) is 2. The Kier molecular flexibility index (Phi) is 6.29. The molecule has 5 nitrogen and oxygen atoms in total. The topological polar surface area (TPSA) is 69.6 Å². The van der Waals surface area contributed by atoms with Gasteiger partial charge in [0.05, 0.1) is 5.02 Å². The Morgan fingerprint density at radius 2 is 2.15 bits per heavy atom. The van der Waals surface area contributed by atoms with E-state index in [4.69, 9.17) is 16.7 Å². The van der Waals surface area contributed by atoms with Gasteiger partial charge in [-0.1, -0.05) is 18.5 Å². The lowest BCUT2D eigenvalue weighted by Crippen LogP contribution is -2.44. The van der Waals surface area contributed by atoms with E-state index in [9.17, 15) is 9.59 Å². The molecule has 0 aliphatic carbocycles. The van der Waals surface area contributed by atoms with Gasteiger partial charge in [0.2, 0.25) is 0 Å². The van der Waals surface area contributed by atoms with Crippen molar-refractivity contribution in [3.63, 3.8) is 0 Å². The van der Waals surface area contributed by atoms with Gasteiger partial charge in [-0.3, -0.25) is 4.79 Å². The SMILES string of the molecule is CCC(C)N(CC(=O)O)C(=O)Nc1ccc(Cl)c(Br)c1. The molecule has 0 bridgehead atoms. The summed E-state index contributed by atoms with van der Waals surface area (Å²) in [6, 6.07) is 4.35. The molecular formula is C13H16BrClN2O3. The maximum absolute atomic E-state index is 12.1. The Balaban J connectivity index is 2.84. The number of nitrogens with zero attached hydrogens (tertiary/aromatic N) is 1. The highest BCUT2D eigenvalue weighted by molar-refractivity contribution is 9.10. The van der Waals surface area contributed by atoms with Gasteiger partial charge in [0, 0.05) is 16.2 Å². The molecule has 7 heteroatoms. The van der Waals surface area contributed by atoms with E-state index >= 15 is 0 Å². The summed E-state index contributed by atoms with van der Waals surface area (Å²) in [6.07, 6.45) is 0.672. The van der Waals surface area contributed by atoms with Gasteiger partial charge >= 0.3 is 12.0 Å². The van der Waals surface area contributed by atoms with Crippen molar-refractivity contribution in [1.29, 1.82) is 0 Å². The Labute approximate surface area is 131 Å². The molecule has 1 atom stereocenters. The molecule has 1 unspecified atom stereocenters. The number of aliphatic carboxylic acids is 1. The Morgan fingerprint density at radius 1 is 1.50 bits per heavy atom. The molecule has 1 aromatic rings. The maximum atomic E-state index is 12.1. The van der Waals surface area contributed by atoms with Gasteiger partial charge in [-0.2, -0.15) is 0 Å². The number of carbonyl (C=O) groups is 2. The van der Waals surface area contributed by atoms with Crippen LogP contribution in [0.25, 0.3) is 0 Å². The van der Waals surface area contributed by atoms with E-state index in [2.05, 4.69) is 21.2 Å². The number of urea groups is 1. The summed E-state index contributed by atoms with van der Waals surface area (Å²) in [5, 5.41) is 12.1. The summed E-state index contributed by atoms with van der Waals surface area (Å²) in [7, 11) is 0. The third-order valence-electron chi connectivity index (χ3n) is 2.86. The number of anilines is 1. The third-order valence-corrected chi connectivity index (χ3v) is 4.07. The van der Waals surface area contributed by atoms with Gasteiger partial charge in [0.25, 0.3) is 0 Å². The number of carbonyl (C=O) groups excluding carboxylic acids is 1. The van der Waals surface area contributed by atoms with Crippen molar-refractivity contribution in [2.45, 2.75) is 26.3 Å². The highest BCUT2D eigenvalue weighted by Gasteiger charge is 2.21. The van der Waals surface area contributed by atoms with E-state index in [-0.39, 0.29) is 12.6 Å². The van der Waals surface area contributed by atoms with Gasteiger partial charge < -0.3 is 15.3 Å². The second kappa shape index (κ2) is 7.50. The summed E-state index contributed by atoms with van der Waals surface area (Å²) >= 11 is 9.14. The first-order valence-corrected chi connectivity index (χ1v) is 7.26. The summed E-state index contributed by atoms with van der Waals surface area (Å²) in [5.74, 6) is -1.04. The molecule has 0 heterocycles. The first kappa shape index (κ1) is 16.8. The Morgan fingerprint density at radius 3 is 2.65 bits per heavy atom. The number of halogens is 2. The lowest BCUT2D eigenvalue weighted by molar-refractivity contribution is -0.138. The van der Waals surface area contributed by atoms with E-state index in [1.165, 1.54) is 4.90 Å². The number of carboxylic acid groups (broad SMARTS) is 1. The first-order valence-electron chi connectivity index (χ1n) is 6.09. The van der Waals surface area contributed by atoms with E-state index in [1.54, 1.807) is 25.1 Å². The largest absolute Gasteiger partial charge is 0.480 e. The summed E-state index contributed by atoms with van der Waals surface area (Å²) in [5.41, 5.74) is 0.546. The number of benzene rings is 1. The summed E-state index contributed by atoms with van der Waals surface area (Å²) < 4.78 is 0.658. The van der Waals surface area contributed by atoms with Crippen LogP contribution in [0.15, 0.2) is 22.7 Å². The minimum atomic E-state index is -1.04. The van der Waals surface area contributed by atoms with Crippen molar-refractivity contribution in [3.8, 4) is 0 Å². The zero-order valence-electron chi connectivity index (χ0n) is 11.2. The van der Waals surface area contributed by atoms with Crippen LogP contribution in [-0.2, 0) is 4.79 Å². The lowest BCUT2D eigenvalue weighted by Gasteiger charge is -2.27. The molecule has 0 aliphatic heterocycles. The second-order valence-electron chi connectivity index (χ2n) is 4.34. The molecule has 0 radical (unpaired) electrons. The van der Waals surface area contributed by atoms with Gasteiger partial charge in [-0.25, -0.2) is 4.79 Å². The molecule has 0 saturated carbocycles. The lowest BCUT2D eigenvalue weighted by atomic mass is 10.2. The van der Waals surface area contributed by atoms with E-state index < -0.39 is 12.0 Å². The molecule has 110 valence electrons. The summed E-state index contributed by atoms with van der Waals surface area (Å²) in [4.78, 5) is 24.3. The fourth-order valence-corrected chi connectivity index (χ4v) is 2.06. The molecule has 0 aliphatic rings. The van der Waals surface area contributed by atoms with Crippen molar-refractivity contribution >= 4 is 45.2 Å². The van der Waals surface area contributed by atoms with Crippen LogP contribution in [-0.4, -0.2) is 34.6 Å². The van der Waals surface area contributed by atoms with Gasteiger partial charge in [-0.15, -0.1) is 0 Å². The standard InChI is InChI=1S/C13H16BrClN2O3/c1-3-8(2)17(7-12(18)19)13(20)16-9-4-5-11(15)10(14)6-9/h4-6,8H,3,7H2,1-2H3,(H,16,20)(H,18,19). The zero-order valence-corrected chi connectivity index (χ0v) is 13.5. The molecule has 0 spiro atoms. The van der Waals surface area contributed by atoms with Crippen molar-refractivity contribution in [1.82, 2.24) is 4.90 Å². The zero-order chi connectivity index (χ0) is 15.3. The third kappa shape index (κ3) is 4.68. The van der Waals surface area contributed by atoms with Gasteiger partial charge in [0.1, 0.15) is 6.54 Å². The van der Waals surface area contributed by atoms with E-state index in [0.29, 0.717) is 21.6 Å². The van der Waals surface area contributed by atoms with Crippen molar-refractivity contribution in [3.05, 3.63) is 27.7 Å². The van der Waals surface area contributed by atoms with E-state index in [0.717, 1.165) is 0 Å². The molecule has 0 fully saturated rings. The number of amides is 2. The molecule has 1 rings (SSSR count). The molecule has 0 aromatic heterocycles. The van der Waals surface area contributed by atoms with Crippen molar-refractivity contribution in [2.75, 3.05) is 11.9 Å². The van der Waals surface area contributed by atoms with E-state index in [1.807, 2.05) is 6.92 Å². The fourth-order valence-electron chi connectivity index (χ4n) is 1.56. The average molecular weight is 364 g/mol.